The maximum Gasteiger partial charge on any atom is 0.238 e. The molecular formula is C15H18FN3O. The summed E-state index contributed by atoms with van der Waals surface area (Å²) in [5, 5.41) is 10.9. The van der Waals surface area contributed by atoms with E-state index in [1.54, 1.807) is 18.2 Å². The largest absolute Gasteiger partial charge is 0.366 e. The number of rotatable bonds is 3. The Morgan fingerprint density at radius 1 is 1.55 bits per heavy atom. The van der Waals surface area contributed by atoms with Crippen LogP contribution in [-0.4, -0.2) is 18.5 Å². The predicted octanol–water partition coefficient (Wildman–Crippen LogP) is 3.06. The van der Waals surface area contributed by atoms with Crippen LogP contribution in [0.1, 0.15) is 32.6 Å². The van der Waals surface area contributed by atoms with Gasteiger partial charge in [0.25, 0.3) is 0 Å². The summed E-state index contributed by atoms with van der Waals surface area (Å²) < 4.78 is 14.2. The Morgan fingerprint density at radius 2 is 2.35 bits per heavy atom. The van der Waals surface area contributed by atoms with E-state index in [0.29, 0.717) is 17.4 Å². The number of carbonyl (C=O) groups excluding carboxylic acids is 1. The molecule has 1 atom stereocenters. The second-order valence-corrected chi connectivity index (χ2v) is 5.09. The van der Waals surface area contributed by atoms with Gasteiger partial charge in [-0.15, -0.1) is 0 Å². The Bertz CT molecular complexity index is 538. The van der Waals surface area contributed by atoms with Crippen LogP contribution in [0.3, 0.4) is 0 Å². The summed E-state index contributed by atoms with van der Waals surface area (Å²) in [4.78, 5) is 13.4. The highest BCUT2D eigenvalue weighted by atomic mass is 19.1. The van der Waals surface area contributed by atoms with E-state index in [4.69, 9.17) is 5.26 Å². The maximum absolute atomic E-state index is 14.2. The van der Waals surface area contributed by atoms with Crippen molar-refractivity contribution < 1.29 is 9.18 Å². The Balaban J connectivity index is 2.13. The first kappa shape index (κ1) is 14.3. The summed E-state index contributed by atoms with van der Waals surface area (Å²) >= 11 is 0. The molecule has 106 valence electrons. The van der Waals surface area contributed by atoms with E-state index < -0.39 is 5.91 Å². The Morgan fingerprint density at radius 3 is 3.00 bits per heavy atom. The van der Waals surface area contributed by atoms with Crippen LogP contribution >= 0.6 is 0 Å². The van der Waals surface area contributed by atoms with Gasteiger partial charge in [-0.05, 0) is 44.4 Å². The van der Waals surface area contributed by atoms with Crippen LogP contribution in [0, 0.1) is 17.1 Å². The molecule has 5 heteroatoms. The molecule has 4 nitrogen and oxygen atoms in total. The molecule has 0 saturated carbocycles. The molecule has 1 heterocycles. The number of hydrogen-bond acceptors (Lipinski definition) is 3. The lowest BCUT2D eigenvalue weighted by Crippen LogP contribution is -2.37. The molecule has 1 aromatic carbocycles. The molecule has 1 aliphatic rings. The Labute approximate surface area is 118 Å². The van der Waals surface area contributed by atoms with Gasteiger partial charge in [-0.2, -0.15) is 5.26 Å². The summed E-state index contributed by atoms with van der Waals surface area (Å²) in [6.45, 7) is 2.96. The number of amides is 1. The third-order valence-electron chi connectivity index (χ3n) is 3.58. The quantitative estimate of drug-likeness (QED) is 0.922. The van der Waals surface area contributed by atoms with Gasteiger partial charge in [-0.1, -0.05) is 0 Å². The second kappa shape index (κ2) is 6.38. The highest BCUT2D eigenvalue weighted by Crippen LogP contribution is 2.28. The van der Waals surface area contributed by atoms with Crippen LogP contribution in [0.2, 0.25) is 0 Å². The zero-order chi connectivity index (χ0) is 14.5. The van der Waals surface area contributed by atoms with Gasteiger partial charge in [0.15, 0.2) is 0 Å². The van der Waals surface area contributed by atoms with E-state index in [1.807, 2.05) is 0 Å². The molecule has 0 aromatic heterocycles. The molecule has 1 saturated heterocycles. The lowest BCUT2D eigenvalue weighted by Gasteiger charge is -2.35. The first-order valence-corrected chi connectivity index (χ1v) is 6.85. The van der Waals surface area contributed by atoms with Gasteiger partial charge >= 0.3 is 0 Å². The van der Waals surface area contributed by atoms with Crippen molar-refractivity contribution in [1.82, 2.24) is 0 Å². The van der Waals surface area contributed by atoms with E-state index in [2.05, 4.69) is 17.1 Å². The fraction of sp³-hybridized carbons (Fsp3) is 0.467. The van der Waals surface area contributed by atoms with Crippen LogP contribution in [0.25, 0.3) is 0 Å². The molecule has 0 radical (unpaired) electrons. The van der Waals surface area contributed by atoms with Crippen molar-refractivity contribution in [2.45, 2.75) is 38.6 Å². The standard InChI is InChI=1S/C15H18FN3O/c1-11-4-2-3-9-19(11)14-6-5-12(10-13(14)16)18-15(20)7-8-17/h5-6,10-11H,2-4,7,9H2,1H3,(H,18,20). The van der Waals surface area contributed by atoms with Crippen LogP contribution in [0.4, 0.5) is 15.8 Å². The number of nitrogens with zero attached hydrogens (tertiary/aromatic N) is 2. The molecule has 0 spiro atoms. The van der Waals surface area contributed by atoms with E-state index in [9.17, 15) is 9.18 Å². The molecule has 1 N–H and O–H groups in total. The van der Waals surface area contributed by atoms with Crippen molar-refractivity contribution in [2.24, 2.45) is 0 Å². The van der Waals surface area contributed by atoms with Crippen LogP contribution < -0.4 is 10.2 Å². The van der Waals surface area contributed by atoms with Crippen molar-refractivity contribution in [1.29, 1.82) is 5.26 Å². The molecule has 1 unspecified atom stereocenters. The van der Waals surface area contributed by atoms with E-state index >= 15 is 0 Å². The van der Waals surface area contributed by atoms with Gasteiger partial charge < -0.3 is 10.2 Å². The molecule has 20 heavy (non-hydrogen) atoms. The number of nitriles is 1. The molecule has 1 aromatic rings. The minimum Gasteiger partial charge on any atom is -0.366 e. The molecular weight excluding hydrogens is 257 g/mol. The summed E-state index contributed by atoms with van der Waals surface area (Å²) in [7, 11) is 0. The van der Waals surface area contributed by atoms with Gasteiger partial charge in [0.2, 0.25) is 5.91 Å². The summed E-state index contributed by atoms with van der Waals surface area (Å²) in [6, 6.07) is 6.77. The van der Waals surface area contributed by atoms with E-state index in [-0.39, 0.29) is 12.2 Å². The minimum atomic E-state index is -0.425. The number of piperidine rings is 1. The lowest BCUT2D eigenvalue weighted by atomic mass is 10.0. The fourth-order valence-corrected chi connectivity index (χ4v) is 2.55. The number of hydrogen-bond donors (Lipinski definition) is 1. The molecule has 0 aliphatic carbocycles. The van der Waals surface area contributed by atoms with Crippen LogP contribution in [0.5, 0.6) is 0 Å². The molecule has 1 amide bonds. The molecule has 1 fully saturated rings. The number of anilines is 2. The molecule has 2 rings (SSSR count). The number of carbonyl (C=O) groups is 1. The number of benzene rings is 1. The van der Waals surface area contributed by atoms with Gasteiger partial charge in [0.1, 0.15) is 12.2 Å². The third-order valence-corrected chi connectivity index (χ3v) is 3.58. The molecule has 1 aliphatic heterocycles. The monoisotopic (exact) mass is 275 g/mol. The fourth-order valence-electron chi connectivity index (χ4n) is 2.55. The molecule has 0 bridgehead atoms. The highest BCUT2D eigenvalue weighted by molar-refractivity contribution is 5.92. The number of halogens is 1. The van der Waals surface area contributed by atoms with Gasteiger partial charge in [0, 0.05) is 18.3 Å². The van der Waals surface area contributed by atoms with Crippen molar-refractivity contribution >= 4 is 17.3 Å². The van der Waals surface area contributed by atoms with Gasteiger partial charge in [-0.25, -0.2) is 4.39 Å². The van der Waals surface area contributed by atoms with Gasteiger partial charge in [-0.3, -0.25) is 4.79 Å². The average Bonchev–Trinajstić information content (AvgIpc) is 2.40. The van der Waals surface area contributed by atoms with Crippen molar-refractivity contribution in [3.05, 3.63) is 24.0 Å². The van der Waals surface area contributed by atoms with E-state index in [0.717, 1.165) is 19.4 Å². The van der Waals surface area contributed by atoms with Crippen molar-refractivity contribution in [2.75, 3.05) is 16.8 Å². The zero-order valence-electron chi connectivity index (χ0n) is 11.5. The van der Waals surface area contributed by atoms with Crippen molar-refractivity contribution in [3.63, 3.8) is 0 Å². The Hall–Kier alpha value is -2.09. The first-order valence-electron chi connectivity index (χ1n) is 6.85. The summed E-state index contributed by atoms with van der Waals surface area (Å²) in [5.41, 5.74) is 0.964. The Kier molecular flexibility index (Phi) is 4.57. The highest BCUT2D eigenvalue weighted by Gasteiger charge is 2.21. The van der Waals surface area contributed by atoms with E-state index in [1.165, 1.54) is 12.5 Å². The number of nitrogens with one attached hydrogen (secondary N) is 1. The lowest BCUT2D eigenvalue weighted by molar-refractivity contribution is -0.115. The van der Waals surface area contributed by atoms with Gasteiger partial charge in [0.05, 0.1) is 11.8 Å². The smallest absolute Gasteiger partial charge is 0.238 e. The summed E-state index contributed by atoms with van der Waals surface area (Å²) in [6.07, 6.45) is 3.10. The predicted molar refractivity (Wildman–Crippen MR) is 75.9 cm³/mol. The van der Waals surface area contributed by atoms with Crippen LogP contribution in [0.15, 0.2) is 18.2 Å². The maximum atomic E-state index is 14.2. The third kappa shape index (κ3) is 3.27. The van der Waals surface area contributed by atoms with Crippen molar-refractivity contribution in [3.8, 4) is 6.07 Å². The topological polar surface area (TPSA) is 56.1 Å². The minimum absolute atomic E-state index is 0.230. The normalized spacial score (nSPS) is 18.4. The zero-order valence-corrected chi connectivity index (χ0v) is 11.5. The first-order chi connectivity index (χ1) is 9.61. The SMILES string of the molecule is CC1CCCCN1c1ccc(NC(=O)CC#N)cc1F. The van der Waals surface area contributed by atoms with Crippen LogP contribution in [-0.2, 0) is 4.79 Å². The average molecular weight is 275 g/mol. The summed E-state index contributed by atoms with van der Waals surface area (Å²) in [5.74, 6) is -0.764. The second-order valence-electron chi connectivity index (χ2n) is 5.09.